The van der Waals surface area contributed by atoms with Crippen LogP contribution in [0.4, 0.5) is 5.82 Å². The zero-order chi connectivity index (χ0) is 11.5. The van der Waals surface area contributed by atoms with Crippen molar-refractivity contribution < 1.29 is 4.79 Å². The first-order valence-electron chi connectivity index (χ1n) is 5.16. The molecule has 1 unspecified atom stereocenters. The van der Waals surface area contributed by atoms with Crippen LogP contribution in [0, 0.1) is 5.92 Å². The van der Waals surface area contributed by atoms with Crippen LogP contribution in [0.5, 0.6) is 0 Å². The van der Waals surface area contributed by atoms with Gasteiger partial charge in [0.1, 0.15) is 16.6 Å². The van der Waals surface area contributed by atoms with Crippen LogP contribution >= 0.6 is 15.9 Å². The molecule has 6 heteroatoms. The van der Waals surface area contributed by atoms with Gasteiger partial charge in [-0.15, -0.1) is 0 Å². The van der Waals surface area contributed by atoms with Gasteiger partial charge in [-0.3, -0.25) is 4.79 Å². The van der Waals surface area contributed by atoms with E-state index in [4.69, 9.17) is 0 Å². The molecule has 5 nitrogen and oxygen atoms in total. The van der Waals surface area contributed by atoms with E-state index in [2.05, 4.69) is 25.9 Å². The number of anilines is 1. The number of nitrogens with one attached hydrogen (secondary N) is 1. The molecule has 86 valence electrons. The van der Waals surface area contributed by atoms with E-state index in [0.29, 0.717) is 16.8 Å². The van der Waals surface area contributed by atoms with Crippen molar-refractivity contribution in [1.29, 1.82) is 0 Å². The van der Waals surface area contributed by atoms with Gasteiger partial charge in [-0.2, -0.15) is 0 Å². The Kier molecular flexibility index (Phi) is 3.38. The van der Waals surface area contributed by atoms with Crippen LogP contribution in [-0.2, 0) is 4.79 Å². The molecule has 1 fully saturated rings. The number of hydrogen-bond donors (Lipinski definition) is 1. The molecule has 0 radical (unpaired) electrons. The predicted octanol–water partition coefficient (Wildman–Crippen LogP) is 0.948. The SMILES string of the molecule is O=CC1CCCN(c2nc[nH]c(=O)c2Br)C1. The molecule has 1 saturated heterocycles. The fourth-order valence-electron chi connectivity index (χ4n) is 1.91. The summed E-state index contributed by atoms with van der Waals surface area (Å²) in [4.78, 5) is 30.8. The number of halogens is 1. The second kappa shape index (κ2) is 4.78. The summed E-state index contributed by atoms with van der Waals surface area (Å²) in [6.07, 6.45) is 4.23. The minimum atomic E-state index is -0.196. The fourth-order valence-corrected chi connectivity index (χ4v) is 2.38. The zero-order valence-electron chi connectivity index (χ0n) is 8.65. The number of piperidine rings is 1. The molecule has 1 atom stereocenters. The molecule has 2 rings (SSSR count). The van der Waals surface area contributed by atoms with Gasteiger partial charge in [0.25, 0.3) is 5.56 Å². The Labute approximate surface area is 101 Å². The number of carbonyl (C=O) groups is 1. The maximum atomic E-state index is 11.4. The lowest BCUT2D eigenvalue weighted by Gasteiger charge is -2.31. The normalized spacial score (nSPS) is 20.8. The second-order valence-electron chi connectivity index (χ2n) is 3.85. The molecule has 1 aromatic heterocycles. The molecule has 0 spiro atoms. The van der Waals surface area contributed by atoms with E-state index in [1.165, 1.54) is 6.33 Å². The van der Waals surface area contributed by atoms with Gasteiger partial charge in [0.2, 0.25) is 0 Å². The molecule has 0 bridgehead atoms. The van der Waals surface area contributed by atoms with E-state index in [1.54, 1.807) is 0 Å². The van der Waals surface area contributed by atoms with Crippen LogP contribution in [0.3, 0.4) is 0 Å². The highest BCUT2D eigenvalue weighted by molar-refractivity contribution is 9.10. The van der Waals surface area contributed by atoms with E-state index in [0.717, 1.165) is 25.7 Å². The molecule has 2 heterocycles. The van der Waals surface area contributed by atoms with Crippen molar-refractivity contribution in [3.63, 3.8) is 0 Å². The van der Waals surface area contributed by atoms with Crippen LogP contribution in [0.1, 0.15) is 12.8 Å². The highest BCUT2D eigenvalue weighted by Crippen LogP contribution is 2.24. The summed E-state index contributed by atoms with van der Waals surface area (Å²) < 4.78 is 0.432. The van der Waals surface area contributed by atoms with Crippen molar-refractivity contribution in [1.82, 2.24) is 9.97 Å². The fraction of sp³-hybridized carbons (Fsp3) is 0.500. The highest BCUT2D eigenvalue weighted by Gasteiger charge is 2.22. The zero-order valence-corrected chi connectivity index (χ0v) is 10.2. The molecule has 0 aromatic carbocycles. The summed E-state index contributed by atoms with van der Waals surface area (Å²) in [5.74, 6) is 0.664. The quantitative estimate of drug-likeness (QED) is 0.822. The van der Waals surface area contributed by atoms with E-state index >= 15 is 0 Å². The maximum absolute atomic E-state index is 11.4. The van der Waals surface area contributed by atoms with Crippen molar-refractivity contribution in [2.45, 2.75) is 12.8 Å². The van der Waals surface area contributed by atoms with Crippen molar-refractivity contribution >= 4 is 28.0 Å². The molecular weight excluding hydrogens is 274 g/mol. The molecule has 0 aliphatic carbocycles. The summed E-state index contributed by atoms with van der Waals surface area (Å²) in [7, 11) is 0. The standard InChI is InChI=1S/C10H12BrN3O2/c11-8-9(12-6-13-10(8)16)14-3-1-2-7(4-14)5-15/h5-7H,1-4H2,(H,12,13,16). The Morgan fingerprint density at radius 3 is 3.19 bits per heavy atom. The van der Waals surface area contributed by atoms with Crippen molar-refractivity contribution in [3.05, 3.63) is 21.2 Å². The average Bonchev–Trinajstić information content (AvgIpc) is 2.33. The number of hydrogen-bond acceptors (Lipinski definition) is 4. The molecular formula is C10H12BrN3O2. The summed E-state index contributed by atoms with van der Waals surface area (Å²) in [6.45, 7) is 1.47. The Hall–Kier alpha value is -1.17. The predicted molar refractivity (Wildman–Crippen MR) is 63.6 cm³/mol. The number of aromatic nitrogens is 2. The van der Waals surface area contributed by atoms with Gasteiger partial charge in [-0.1, -0.05) is 0 Å². The number of carbonyl (C=O) groups excluding carboxylic acids is 1. The lowest BCUT2D eigenvalue weighted by atomic mass is 10.00. The third-order valence-electron chi connectivity index (χ3n) is 2.73. The third kappa shape index (κ3) is 2.16. The summed E-state index contributed by atoms with van der Waals surface area (Å²) in [5.41, 5.74) is -0.196. The third-order valence-corrected chi connectivity index (χ3v) is 3.44. The smallest absolute Gasteiger partial charge is 0.267 e. The first kappa shape index (κ1) is 11.3. The van der Waals surface area contributed by atoms with Crippen molar-refractivity contribution in [3.8, 4) is 0 Å². The monoisotopic (exact) mass is 285 g/mol. The van der Waals surface area contributed by atoms with E-state index < -0.39 is 0 Å². The minimum absolute atomic E-state index is 0.0433. The van der Waals surface area contributed by atoms with Crippen LogP contribution in [0.2, 0.25) is 0 Å². The molecule has 0 amide bonds. The largest absolute Gasteiger partial charge is 0.355 e. The number of aromatic amines is 1. The number of aldehydes is 1. The first-order valence-corrected chi connectivity index (χ1v) is 5.95. The van der Waals surface area contributed by atoms with Gasteiger partial charge < -0.3 is 14.7 Å². The van der Waals surface area contributed by atoms with Crippen molar-refractivity contribution in [2.75, 3.05) is 18.0 Å². The summed E-state index contributed by atoms with van der Waals surface area (Å²) >= 11 is 3.22. The number of H-pyrrole nitrogens is 1. The second-order valence-corrected chi connectivity index (χ2v) is 4.65. The molecule has 1 N–H and O–H groups in total. The Bertz CT molecular complexity index is 446. The lowest BCUT2D eigenvalue weighted by molar-refractivity contribution is -0.111. The van der Waals surface area contributed by atoms with E-state index in [-0.39, 0.29) is 11.5 Å². The van der Waals surface area contributed by atoms with Crippen LogP contribution < -0.4 is 10.5 Å². The molecule has 1 aromatic rings. The summed E-state index contributed by atoms with van der Waals surface area (Å²) in [6, 6.07) is 0. The van der Waals surface area contributed by atoms with Gasteiger partial charge >= 0.3 is 0 Å². The van der Waals surface area contributed by atoms with Gasteiger partial charge in [-0.05, 0) is 28.8 Å². The van der Waals surface area contributed by atoms with E-state index in [9.17, 15) is 9.59 Å². The lowest BCUT2D eigenvalue weighted by Crippen LogP contribution is -2.37. The minimum Gasteiger partial charge on any atom is -0.355 e. The average molecular weight is 286 g/mol. The van der Waals surface area contributed by atoms with E-state index in [1.807, 2.05) is 4.90 Å². The topological polar surface area (TPSA) is 66.1 Å². The number of nitrogens with zero attached hydrogens (tertiary/aromatic N) is 2. The molecule has 1 aliphatic heterocycles. The number of rotatable bonds is 2. The Morgan fingerprint density at radius 2 is 2.44 bits per heavy atom. The van der Waals surface area contributed by atoms with Crippen LogP contribution in [0.15, 0.2) is 15.6 Å². The first-order chi connectivity index (χ1) is 7.72. The molecule has 0 saturated carbocycles. The Balaban J connectivity index is 2.26. The van der Waals surface area contributed by atoms with Gasteiger partial charge in [0.05, 0.1) is 6.33 Å². The molecule has 1 aliphatic rings. The Morgan fingerprint density at radius 1 is 1.62 bits per heavy atom. The summed E-state index contributed by atoms with van der Waals surface area (Å²) in [5, 5.41) is 0. The maximum Gasteiger partial charge on any atom is 0.267 e. The molecule has 16 heavy (non-hydrogen) atoms. The van der Waals surface area contributed by atoms with Crippen molar-refractivity contribution in [2.24, 2.45) is 5.92 Å². The van der Waals surface area contributed by atoms with Gasteiger partial charge in [-0.25, -0.2) is 4.98 Å². The van der Waals surface area contributed by atoms with Gasteiger partial charge in [0.15, 0.2) is 0 Å². The van der Waals surface area contributed by atoms with Crippen LogP contribution in [0.25, 0.3) is 0 Å². The van der Waals surface area contributed by atoms with Gasteiger partial charge in [0, 0.05) is 19.0 Å². The highest BCUT2D eigenvalue weighted by atomic mass is 79.9. The van der Waals surface area contributed by atoms with Crippen LogP contribution in [-0.4, -0.2) is 29.3 Å².